The minimum absolute atomic E-state index is 0.106. The number of nitrogens with zero attached hydrogens (tertiary/aromatic N) is 1. The highest BCUT2D eigenvalue weighted by atomic mass is 35.5. The van der Waals surface area contributed by atoms with Crippen LogP contribution in [-0.2, 0) is 0 Å². The van der Waals surface area contributed by atoms with Gasteiger partial charge in [0, 0.05) is 16.7 Å². The quantitative estimate of drug-likeness (QED) is 0.788. The predicted octanol–water partition coefficient (Wildman–Crippen LogP) is 3.74. The van der Waals surface area contributed by atoms with Gasteiger partial charge in [-0.15, -0.1) is 11.3 Å². The molecule has 0 saturated carbocycles. The minimum atomic E-state index is -0.755. The van der Waals surface area contributed by atoms with Crippen LogP contribution in [0, 0.1) is 18.6 Å². The van der Waals surface area contributed by atoms with Crippen LogP contribution in [0.2, 0.25) is 5.02 Å². The number of nitrogens with two attached hydrogens (primary N) is 1. The lowest BCUT2D eigenvalue weighted by Gasteiger charge is -2.14. The van der Waals surface area contributed by atoms with Crippen molar-refractivity contribution in [2.45, 2.75) is 13.2 Å². The predicted molar refractivity (Wildman–Crippen MR) is 78.6 cm³/mol. The number of nitrogens with one attached hydrogen (secondary N) is 1. The normalized spacial score (nSPS) is 16.9. The fourth-order valence-corrected chi connectivity index (χ4v) is 3.50. The monoisotopic (exact) mass is 313 g/mol. The fourth-order valence-electron chi connectivity index (χ4n) is 2.09. The standard InChI is InChI=1S/C13H10ClF2N3S/c1-5-6-4-18-13(17)19-12(6)20-11(5)9-8(15)3-2-7(14)10(9)16/h2-4,13,19H,17H2,1H3. The second kappa shape index (κ2) is 4.80. The van der Waals surface area contributed by atoms with Gasteiger partial charge in [-0.1, -0.05) is 11.6 Å². The average Bonchev–Trinajstić information content (AvgIpc) is 2.71. The van der Waals surface area contributed by atoms with E-state index in [1.54, 1.807) is 13.1 Å². The first-order valence-corrected chi connectivity index (χ1v) is 7.01. The molecule has 1 aromatic heterocycles. The van der Waals surface area contributed by atoms with Gasteiger partial charge in [-0.05, 0) is 24.6 Å². The molecular weight excluding hydrogens is 304 g/mol. The summed E-state index contributed by atoms with van der Waals surface area (Å²) in [5, 5.41) is 3.61. The minimum Gasteiger partial charge on any atom is -0.343 e. The first-order chi connectivity index (χ1) is 9.49. The molecule has 0 aliphatic carbocycles. The van der Waals surface area contributed by atoms with Gasteiger partial charge < -0.3 is 5.32 Å². The van der Waals surface area contributed by atoms with Crippen LogP contribution in [-0.4, -0.2) is 12.5 Å². The fraction of sp³-hybridized carbons (Fsp3) is 0.154. The van der Waals surface area contributed by atoms with Crippen LogP contribution < -0.4 is 11.1 Å². The molecule has 0 bridgehead atoms. The van der Waals surface area contributed by atoms with E-state index in [2.05, 4.69) is 10.3 Å². The van der Waals surface area contributed by atoms with Crippen molar-refractivity contribution in [2.75, 3.05) is 5.32 Å². The third-order valence-corrected chi connectivity index (χ3v) is 4.66. The van der Waals surface area contributed by atoms with Crippen molar-refractivity contribution < 1.29 is 8.78 Å². The SMILES string of the molecule is Cc1c(-c2c(F)ccc(Cl)c2F)sc2c1C=NC(N)N2. The zero-order valence-electron chi connectivity index (χ0n) is 10.4. The number of aliphatic imine (C=N–C) groups is 1. The van der Waals surface area contributed by atoms with Gasteiger partial charge in [-0.25, -0.2) is 8.78 Å². The van der Waals surface area contributed by atoms with Gasteiger partial charge in [0.2, 0.25) is 0 Å². The van der Waals surface area contributed by atoms with E-state index < -0.39 is 17.9 Å². The van der Waals surface area contributed by atoms with Gasteiger partial charge in [0.25, 0.3) is 0 Å². The van der Waals surface area contributed by atoms with Crippen LogP contribution in [0.1, 0.15) is 11.1 Å². The molecule has 2 aromatic rings. The van der Waals surface area contributed by atoms with E-state index in [9.17, 15) is 8.78 Å². The number of rotatable bonds is 1. The summed E-state index contributed by atoms with van der Waals surface area (Å²) in [5.74, 6) is -1.40. The molecule has 1 atom stereocenters. The van der Waals surface area contributed by atoms with Gasteiger partial charge in [-0.3, -0.25) is 10.7 Å². The molecule has 0 spiro atoms. The zero-order chi connectivity index (χ0) is 14.4. The molecule has 20 heavy (non-hydrogen) atoms. The Labute approximate surface area is 123 Å². The zero-order valence-corrected chi connectivity index (χ0v) is 11.9. The number of hydrogen-bond acceptors (Lipinski definition) is 4. The van der Waals surface area contributed by atoms with Crippen LogP contribution in [0.15, 0.2) is 17.1 Å². The van der Waals surface area contributed by atoms with Crippen LogP contribution in [0.3, 0.4) is 0 Å². The molecule has 0 radical (unpaired) electrons. The third kappa shape index (κ3) is 2.00. The Morgan fingerprint density at radius 2 is 2.15 bits per heavy atom. The molecule has 0 fully saturated rings. The number of fused-ring (bicyclic) bond motifs is 1. The molecule has 1 aromatic carbocycles. The van der Waals surface area contributed by atoms with E-state index >= 15 is 0 Å². The van der Waals surface area contributed by atoms with E-state index in [0.717, 1.165) is 22.2 Å². The maximum absolute atomic E-state index is 14.1. The number of anilines is 1. The Bertz CT molecular complexity index is 727. The topological polar surface area (TPSA) is 50.4 Å². The van der Waals surface area contributed by atoms with E-state index in [1.807, 2.05) is 0 Å². The number of halogens is 3. The van der Waals surface area contributed by atoms with E-state index in [-0.39, 0.29) is 10.6 Å². The number of hydrogen-bond donors (Lipinski definition) is 2. The molecule has 3 rings (SSSR count). The molecule has 0 saturated heterocycles. The van der Waals surface area contributed by atoms with Crippen LogP contribution in [0.4, 0.5) is 13.8 Å². The van der Waals surface area contributed by atoms with Gasteiger partial charge >= 0.3 is 0 Å². The lowest BCUT2D eigenvalue weighted by molar-refractivity contribution is 0.590. The molecule has 1 aliphatic rings. The summed E-state index contributed by atoms with van der Waals surface area (Å²) in [4.78, 5) is 4.52. The van der Waals surface area contributed by atoms with Crippen molar-refractivity contribution in [3.05, 3.63) is 39.9 Å². The maximum atomic E-state index is 14.1. The summed E-state index contributed by atoms with van der Waals surface area (Å²) in [6, 6.07) is 2.36. The van der Waals surface area contributed by atoms with E-state index in [1.165, 1.54) is 17.4 Å². The highest BCUT2D eigenvalue weighted by molar-refractivity contribution is 7.20. The molecular formula is C13H10ClF2N3S. The average molecular weight is 314 g/mol. The summed E-state index contributed by atoms with van der Waals surface area (Å²) in [7, 11) is 0. The molecule has 0 amide bonds. The van der Waals surface area contributed by atoms with Crippen LogP contribution in [0.25, 0.3) is 10.4 Å². The summed E-state index contributed by atoms with van der Waals surface area (Å²) >= 11 is 6.97. The molecule has 1 aliphatic heterocycles. The highest BCUT2D eigenvalue weighted by Gasteiger charge is 2.24. The van der Waals surface area contributed by atoms with Crippen molar-refractivity contribution in [1.29, 1.82) is 0 Å². The van der Waals surface area contributed by atoms with E-state index in [4.69, 9.17) is 17.3 Å². The van der Waals surface area contributed by atoms with Gasteiger partial charge in [-0.2, -0.15) is 0 Å². The second-order valence-corrected chi connectivity index (χ2v) is 5.81. The Kier molecular flexibility index (Phi) is 3.24. The molecule has 7 heteroatoms. The Morgan fingerprint density at radius 3 is 2.90 bits per heavy atom. The number of benzene rings is 1. The molecule has 1 unspecified atom stereocenters. The largest absolute Gasteiger partial charge is 0.343 e. The van der Waals surface area contributed by atoms with Gasteiger partial charge in [0.05, 0.1) is 10.6 Å². The molecule has 2 heterocycles. The first-order valence-electron chi connectivity index (χ1n) is 5.81. The third-order valence-electron chi connectivity index (χ3n) is 3.11. The Balaban J connectivity index is 2.23. The Hall–Kier alpha value is -1.50. The molecule has 104 valence electrons. The summed E-state index contributed by atoms with van der Waals surface area (Å²) in [6.45, 7) is 1.79. The lowest BCUT2D eigenvalue weighted by atomic mass is 10.1. The molecule has 3 N–H and O–H groups in total. The van der Waals surface area contributed by atoms with Gasteiger partial charge in [0.1, 0.15) is 10.8 Å². The summed E-state index contributed by atoms with van der Waals surface area (Å²) < 4.78 is 28.1. The number of thiophene rings is 1. The van der Waals surface area contributed by atoms with Gasteiger partial charge in [0.15, 0.2) is 12.1 Å². The smallest absolute Gasteiger partial charge is 0.171 e. The van der Waals surface area contributed by atoms with Crippen LogP contribution >= 0.6 is 22.9 Å². The van der Waals surface area contributed by atoms with Crippen molar-refractivity contribution in [3.63, 3.8) is 0 Å². The van der Waals surface area contributed by atoms with Crippen molar-refractivity contribution in [1.82, 2.24) is 0 Å². The lowest BCUT2D eigenvalue weighted by Crippen LogP contribution is -2.29. The summed E-state index contributed by atoms with van der Waals surface area (Å²) in [5.41, 5.74) is 7.09. The summed E-state index contributed by atoms with van der Waals surface area (Å²) in [6.07, 6.45) is 1.08. The second-order valence-electron chi connectivity index (χ2n) is 4.38. The van der Waals surface area contributed by atoms with Crippen molar-refractivity contribution in [2.24, 2.45) is 10.7 Å². The van der Waals surface area contributed by atoms with E-state index in [0.29, 0.717) is 4.88 Å². The molecule has 3 nitrogen and oxygen atoms in total. The van der Waals surface area contributed by atoms with Crippen molar-refractivity contribution in [3.8, 4) is 10.4 Å². The van der Waals surface area contributed by atoms with Crippen LogP contribution in [0.5, 0.6) is 0 Å². The first kappa shape index (κ1) is 13.5. The van der Waals surface area contributed by atoms with Crippen molar-refractivity contribution >= 4 is 34.2 Å². The maximum Gasteiger partial charge on any atom is 0.171 e. The Morgan fingerprint density at radius 1 is 1.40 bits per heavy atom. The highest BCUT2D eigenvalue weighted by Crippen LogP contribution is 2.43.